The number of aromatic nitrogens is 1. The Kier molecular flexibility index (Phi) is 6.18. The van der Waals surface area contributed by atoms with E-state index in [9.17, 15) is 4.79 Å². The molecule has 0 aliphatic heterocycles. The van der Waals surface area contributed by atoms with Crippen molar-refractivity contribution in [1.82, 2.24) is 4.98 Å². The van der Waals surface area contributed by atoms with Crippen LogP contribution in [0.15, 0.2) is 31.0 Å². The molecule has 110 valence electrons. The van der Waals surface area contributed by atoms with Crippen LogP contribution in [0.4, 0.5) is 5.69 Å². The third-order valence-electron chi connectivity index (χ3n) is 2.80. The standard InChI is InChI=1S/C15H22N2O3/c1-5-8-15(2,3)14(18)17-12-6-7-13(16-11-12)20-10-9-19-4/h5-7,11H,1,8-10H2,2-4H3,(H,17,18). The molecule has 1 N–H and O–H groups in total. The third kappa shape index (κ3) is 5.01. The van der Waals surface area contributed by atoms with Gasteiger partial charge in [-0.05, 0) is 12.5 Å². The Hall–Kier alpha value is -1.88. The Morgan fingerprint density at radius 1 is 1.45 bits per heavy atom. The number of rotatable bonds is 8. The van der Waals surface area contributed by atoms with Crippen LogP contribution in [0.25, 0.3) is 0 Å². The van der Waals surface area contributed by atoms with Crippen molar-refractivity contribution >= 4 is 11.6 Å². The normalized spacial score (nSPS) is 10.9. The number of pyridine rings is 1. The van der Waals surface area contributed by atoms with E-state index in [1.165, 1.54) is 0 Å². The fourth-order valence-corrected chi connectivity index (χ4v) is 1.52. The van der Waals surface area contributed by atoms with E-state index in [4.69, 9.17) is 9.47 Å². The van der Waals surface area contributed by atoms with Crippen LogP contribution in [-0.4, -0.2) is 31.2 Å². The summed E-state index contributed by atoms with van der Waals surface area (Å²) in [5, 5.41) is 2.83. The maximum atomic E-state index is 12.1. The number of ether oxygens (including phenoxy) is 2. The molecule has 0 bridgehead atoms. The maximum Gasteiger partial charge on any atom is 0.230 e. The molecule has 1 aromatic rings. The molecule has 1 heterocycles. The van der Waals surface area contributed by atoms with Crippen molar-refractivity contribution in [2.45, 2.75) is 20.3 Å². The molecule has 0 unspecified atom stereocenters. The Bertz CT molecular complexity index is 441. The molecule has 0 aliphatic carbocycles. The van der Waals surface area contributed by atoms with Crippen molar-refractivity contribution < 1.29 is 14.3 Å². The fourth-order valence-electron chi connectivity index (χ4n) is 1.52. The quantitative estimate of drug-likeness (QED) is 0.586. The minimum Gasteiger partial charge on any atom is -0.475 e. The number of amides is 1. The van der Waals surface area contributed by atoms with E-state index in [2.05, 4.69) is 16.9 Å². The summed E-state index contributed by atoms with van der Waals surface area (Å²) in [5.74, 6) is 0.442. The SMILES string of the molecule is C=CCC(C)(C)C(=O)Nc1ccc(OCCOC)nc1. The summed E-state index contributed by atoms with van der Waals surface area (Å²) in [4.78, 5) is 16.2. The van der Waals surface area contributed by atoms with Gasteiger partial charge in [-0.15, -0.1) is 6.58 Å². The predicted octanol–water partition coefficient (Wildman–Crippen LogP) is 2.65. The molecule has 0 aromatic carbocycles. The summed E-state index contributed by atoms with van der Waals surface area (Å²) in [6, 6.07) is 3.48. The second-order valence-corrected chi connectivity index (χ2v) is 5.06. The molecule has 0 spiro atoms. The van der Waals surface area contributed by atoms with Crippen LogP contribution in [-0.2, 0) is 9.53 Å². The number of nitrogens with one attached hydrogen (secondary N) is 1. The summed E-state index contributed by atoms with van der Waals surface area (Å²) in [6.45, 7) is 8.37. The average Bonchev–Trinajstić information content (AvgIpc) is 2.41. The zero-order chi connectivity index (χ0) is 15.0. The number of anilines is 1. The first-order chi connectivity index (χ1) is 9.49. The van der Waals surface area contributed by atoms with Gasteiger partial charge in [-0.1, -0.05) is 19.9 Å². The molecular formula is C15H22N2O3. The van der Waals surface area contributed by atoms with E-state index >= 15 is 0 Å². The van der Waals surface area contributed by atoms with Gasteiger partial charge < -0.3 is 14.8 Å². The van der Waals surface area contributed by atoms with Crippen molar-refractivity contribution in [3.8, 4) is 5.88 Å². The molecule has 1 amide bonds. The second-order valence-electron chi connectivity index (χ2n) is 5.06. The molecule has 1 rings (SSSR count). The number of nitrogens with zero attached hydrogens (tertiary/aromatic N) is 1. The van der Waals surface area contributed by atoms with Gasteiger partial charge in [-0.3, -0.25) is 4.79 Å². The van der Waals surface area contributed by atoms with Gasteiger partial charge in [0, 0.05) is 18.6 Å². The second kappa shape index (κ2) is 7.65. The molecule has 0 atom stereocenters. The van der Waals surface area contributed by atoms with Crippen molar-refractivity contribution in [2.75, 3.05) is 25.6 Å². The first kappa shape index (κ1) is 16.2. The van der Waals surface area contributed by atoms with Crippen LogP contribution < -0.4 is 10.1 Å². The largest absolute Gasteiger partial charge is 0.475 e. The monoisotopic (exact) mass is 278 g/mol. The van der Waals surface area contributed by atoms with E-state index in [0.29, 0.717) is 31.2 Å². The Labute approximate surface area is 120 Å². The van der Waals surface area contributed by atoms with E-state index in [1.54, 1.807) is 31.5 Å². The minimum absolute atomic E-state index is 0.0627. The van der Waals surface area contributed by atoms with Crippen LogP contribution in [0, 0.1) is 5.41 Å². The summed E-state index contributed by atoms with van der Waals surface area (Å²) in [5.41, 5.74) is 0.154. The van der Waals surface area contributed by atoms with Gasteiger partial charge in [0.25, 0.3) is 0 Å². The van der Waals surface area contributed by atoms with Gasteiger partial charge in [-0.2, -0.15) is 0 Å². The average molecular weight is 278 g/mol. The van der Waals surface area contributed by atoms with Crippen LogP contribution in [0.2, 0.25) is 0 Å². The van der Waals surface area contributed by atoms with E-state index in [1.807, 2.05) is 13.8 Å². The van der Waals surface area contributed by atoms with Crippen LogP contribution in [0.5, 0.6) is 5.88 Å². The Morgan fingerprint density at radius 3 is 2.75 bits per heavy atom. The third-order valence-corrected chi connectivity index (χ3v) is 2.80. The van der Waals surface area contributed by atoms with Gasteiger partial charge in [0.05, 0.1) is 18.5 Å². The van der Waals surface area contributed by atoms with Crippen LogP contribution in [0.1, 0.15) is 20.3 Å². The molecular weight excluding hydrogens is 256 g/mol. The van der Waals surface area contributed by atoms with E-state index < -0.39 is 5.41 Å². The number of hydrogen-bond donors (Lipinski definition) is 1. The summed E-state index contributed by atoms with van der Waals surface area (Å²) in [7, 11) is 1.61. The maximum absolute atomic E-state index is 12.1. The van der Waals surface area contributed by atoms with Gasteiger partial charge in [0.15, 0.2) is 0 Å². The Morgan fingerprint density at radius 2 is 2.20 bits per heavy atom. The highest BCUT2D eigenvalue weighted by atomic mass is 16.5. The molecule has 0 radical (unpaired) electrons. The molecule has 0 saturated heterocycles. The summed E-state index contributed by atoms with van der Waals surface area (Å²) < 4.78 is 10.2. The van der Waals surface area contributed by atoms with Gasteiger partial charge in [0.1, 0.15) is 6.61 Å². The van der Waals surface area contributed by atoms with Gasteiger partial charge in [-0.25, -0.2) is 4.98 Å². The van der Waals surface area contributed by atoms with Gasteiger partial charge in [0.2, 0.25) is 11.8 Å². The highest BCUT2D eigenvalue weighted by Crippen LogP contribution is 2.23. The zero-order valence-electron chi connectivity index (χ0n) is 12.3. The van der Waals surface area contributed by atoms with Crippen molar-refractivity contribution in [1.29, 1.82) is 0 Å². The number of allylic oxidation sites excluding steroid dienone is 1. The fraction of sp³-hybridized carbons (Fsp3) is 0.467. The predicted molar refractivity (Wildman–Crippen MR) is 78.8 cm³/mol. The summed E-state index contributed by atoms with van der Waals surface area (Å²) in [6.07, 6.45) is 3.93. The number of hydrogen-bond acceptors (Lipinski definition) is 4. The smallest absolute Gasteiger partial charge is 0.230 e. The summed E-state index contributed by atoms with van der Waals surface area (Å²) >= 11 is 0. The van der Waals surface area contributed by atoms with Crippen LogP contribution >= 0.6 is 0 Å². The molecule has 0 aliphatic rings. The van der Waals surface area contributed by atoms with E-state index in [-0.39, 0.29) is 5.91 Å². The highest BCUT2D eigenvalue weighted by Gasteiger charge is 2.25. The number of methoxy groups -OCH3 is 1. The first-order valence-electron chi connectivity index (χ1n) is 6.50. The Balaban J connectivity index is 2.56. The molecule has 5 heteroatoms. The minimum atomic E-state index is -0.491. The molecule has 0 saturated carbocycles. The number of carbonyl (C=O) groups is 1. The van der Waals surface area contributed by atoms with Crippen molar-refractivity contribution in [3.05, 3.63) is 31.0 Å². The molecule has 1 aromatic heterocycles. The lowest BCUT2D eigenvalue weighted by atomic mass is 9.88. The van der Waals surface area contributed by atoms with Gasteiger partial charge >= 0.3 is 0 Å². The lowest BCUT2D eigenvalue weighted by molar-refractivity contribution is -0.123. The first-order valence-corrected chi connectivity index (χ1v) is 6.50. The van der Waals surface area contributed by atoms with Crippen LogP contribution in [0.3, 0.4) is 0 Å². The topological polar surface area (TPSA) is 60.5 Å². The zero-order valence-corrected chi connectivity index (χ0v) is 12.3. The lowest BCUT2D eigenvalue weighted by Crippen LogP contribution is -2.30. The number of carbonyl (C=O) groups excluding carboxylic acids is 1. The lowest BCUT2D eigenvalue weighted by Gasteiger charge is -2.21. The molecule has 5 nitrogen and oxygen atoms in total. The van der Waals surface area contributed by atoms with E-state index in [0.717, 1.165) is 0 Å². The molecule has 20 heavy (non-hydrogen) atoms. The highest BCUT2D eigenvalue weighted by molar-refractivity contribution is 5.94. The van der Waals surface area contributed by atoms with Crippen molar-refractivity contribution in [3.63, 3.8) is 0 Å². The molecule has 0 fully saturated rings. The van der Waals surface area contributed by atoms with Crippen molar-refractivity contribution in [2.24, 2.45) is 5.41 Å².